The predicted molar refractivity (Wildman–Crippen MR) is 81.4 cm³/mol. The molecule has 1 aromatic carbocycles. The average molecular weight is 261 g/mol. The minimum absolute atomic E-state index is 0.162. The van der Waals surface area contributed by atoms with E-state index >= 15 is 0 Å². The van der Waals surface area contributed by atoms with Crippen molar-refractivity contribution in [3.05, 3.63) is 29.8 Å². The molecule has 2 rings (SSSR count). The van der Waals surface area contributed by atoms with Gasteiger partial charge in [0.1, 0.15) is 0 Å². The van der Waals surface area contributed by atoms with E-state index in [1.807, 2.05) is 0 Å². The minimum atomic E-state index is -0.162. The maximum atomic E-state index is 9.94. The van der Waals surface area contributed by atoms with Gasteiger partial charge in [0.25, 0.3) is 0 Å². The minimum Gasteiger partial charge on any atom is -0.394 e. The normalized spacial score (nSPS) is 30.1. The second kappa shape index (κ2) is 5.16. The molecule has 2 unspecified atom stereocenters. The Balaban J connectivity index is 2.17. The summed E-state index contributed by atoms with van der Waals surface area (Å²) in [4.78, 5) is 0. The number of benzene rings is 1. The molecule has 0 amide bonds. The van der Waals surface area contributed by atoms with Crippen molar-refractivity contribution in [2.45, 2.75) is 52.5 Å². The number of aliphatic hydroxyl groups excluding tert-OH is 1. The van der Waals surface area contributed by atoms with Crippen molar-refractivity contribution in [2.75, 3.05) is 11.9 Å². The Hall–Kier alpha value is -1.02. The molecule has 1 aliphatic carbocycles. The number of aliphatic hydroxyl groups is 1. The Bertz CT molecular complexity index is 423. The maximum Gasteiger partial charge on any atom is 0.0664 e. The van der Waals surface area contributed by atoms with Crippen molar-refractivity contribution >= 4 is 5.69 Å². The van der Waals surface area contributed by atoms with Crippen molar-refractivity contribution in [1.82, 2.24) is 0 Å². The zero-order chi connectivity index (χ0) is 14.1. The highest BCUT2D eigenvalue weighted by molar-refractivity contribution is 5.47. The molecule has 1 aliphatic rings. The summed E-state index contributed by atoms with van der Waals surface area (Å²) in [5.74, 6) is 0.475. The Labute approximate surface area is 117 Å². The van der Waals surface area contributed by atoms with Gasteiger partial charge in [-0.2, -0.15) is 0 Å². The van der Waals surface area contributed by atoms with Crippen LogP contribution in [0.1, 0.15) is 45.6 Å². The number of aryl methyl sites for hydroxylation is 1. The third-order valence-corrected chi connectivity index (χ3v) is 4.78. The molecule has 2 heteroatoms. The molecule has 0 radical (unpaired) electrons. The van der Waals surface area contributed by atoms with Crippen LogP contribution in [0.2, 0.25) is 0 Å². The van der Waals surface area contributed by atoms with Crippen molar-refractivity contribution in [3.8, 4) is 0 Å². The van der Waals surface area contributed by atoms with Gasteiger partial charge in [-0.15, -0.1) is 0 Å². The van der Waals surface area contributed by atoms with E-state index < -0.39 is 0 Å². The fourth-order valence-corrected chi connectivity index (χ4v) is 3.32. The van der Waals surface area contributed by atoms with Gasteiger partial charge in [0.15, 0.2) is 0 Å². The van der Waals surface area contributed by atoms with E-state index in [0.717, 1.165) is 24.9 Å². The molecule has 0 bridgehead atoms. The number of anilines is 1. The van der Waals surface area contributed by atoms with Crippen molar-refractivity contribution in [3.63, 3.8) is 0 Å². The molecule has 0 spiro atoms. The summed E-state index contributed by atoms with van der Waals surface area (Å²) < 4.78 is 0. The van der Waals surface area contributed by atoms with Crippen LogP contribution in [0.5, 0.6) is 0 Å². The molecule has 2 nitrogen and oxygen atoms in total. The predicted octanol–water partition coefficient (Wildman–Crippen LogP) is 3.98. The fraction of sp³-hybridized carbons (Fsp3) is 0.647. The lowest BCUT2D eigenvalue weighted by Gasteiger charge is -2.48. The second-order valence-electron chi connectivity index (χ2n) is 7.07. The molecule has 1 saturated carbocycles. The van der Waals surface area contributed by atoms with Crippen LogP contribution in [0, 0.1) is 18.3 Å². The molecule has 1 fully saturated rings. The molecule has 0 aliphatic heterocycles. The third kappa shape index (κ3) is 3.11. The molecule has 2 atom stereocenters. The van der Waals surface area contributed by atoms with Gasteiger partial charge in [-0.25, -0.2) is 0 Å². The molecule has 0 aromatic heterocycles. The smallest absolute Gasteiger partial charge is 0.0664 e. The van der Waals surface area contributed by atoms with Crippen LogP contribution in [-0.2, 0) is 0 Å². The first kappa shape index (κ1) is 14.4. The van der Waals surface area contributed by atoms with Gasteiger partial charge in [0, 0.05) is 5.69 Å². The third-order valence-electron chi connectivity index (χ3n) is 4.78. The Morgan fingerprint density at radius 3 is 2.37 bits per heavy atom. The molecule has 2 N–H and O–H groups in total. The number of rotatable bonds is 3. The summed E-state index contributed by atoms with van der Waals surface area (Å²) in [7, 11) is 0. The summed E-state index contributed by atoms with van der Waals surface area (Å²) in [6, 6.07) is 8.45. The molecule has 106 valence electrons. The SMILES string of the molecule is Cc1ccc(NC2(CO)CCC(C)(C)CC2C)cc1. The average Bonchev–Trinajstić information content (AvgIpc) is 2.35. The Kier molecular flexibility index (Phi) is 3.91. The van der Waals surface area contributed by atoms with Crippen LogP contribution in [0.25, 0.3) is 0 Å². The first-order valence-corrected chi connectivity index (χ1v) is 7.33. The highest BCUT2D eigenvalue weighted by Crippen LogP contribution is 2.45. The summed E-state index contributed by atoms with van der Waals surface area (Å²) in [5.41, 5.74) is 2.62. The first-order chi connectivity index (χ1) is 8.87. The quantitative estimate of drug-likeness (QED) is 0.862. The monoisotopic (exact) mass is 261 g/mol. The van der Waals surface area contributed by atoms with Crippen LogP contribution in [0.3, 0.4) is 0 Å². The number of hydrogen-bond donors (Lipinski definition) is 2. The van der Waals surface area contributed by atoms with Crippen LogP contribution >= 0.6 is 0 Å². The Morgan fingerprint density at radius 2 is 1.84 bits per heavy atom. The van der Waals surface area contributed by atoms with Crippen molar-refractivity contribution < 1.29 is 5.11 Å². The molecule has 19 heavy (non-hydrogen) atoms. The van der Waals surface area contributed by atoms with Crippen LogP contribution in [0.15, 0.2) is 24.3 Å². The van der Waals surface area contributed by atoms with Gasteiger partial charge >= 0.3 is 0 Å². The highest BCUT2D eigenvalue weighted by Gasteiger charge is 2.43. The Morgan fingerprint density at radius 1 is 1.21 bits per heavy atom. The summed E-state index contributed by atoms with van der Waals surface area (Å²) in [6.07, 6.45) is 3.36. The number of nitrogens with one attached hydrogen (secondary N) is 1. The number of hydrogen-bond acceptors (Lipinski definition) is 2. The summed E-state index contributed by atoms with van der Waals surface area (Å²) in [6.45, 7) is 9.22. The molecule has 0 heterocycles. The standard InChI is InChI=1S/C17H27NO/c1-13-5-7-15(8-6-13)18-17(12-19)10-9-16(3,4)11-14(17)2/h5-8,14,18-19H,9-12H2,1-4H3. The molecule has 0 saturated heterocycles. The van der Waals surface area contributed by atoms with Gasteiger partial charge in [-0.1, -0.05) is 38.5 Å². The van der Waals surface area contributed by atoms with E-state index in [2.05, 4.69) is 57.3 Å². The molecular weight excluding hydrogens is 234 g/mol. The van der Waals surface area contributed by atoms with Crippen molar-refractivity contribution in [2.24, 2.45) is 11.3 Å². The zero-order valence-corrected chi connectivity index (χ0v) is 12.7. The zero-order valence-electron chi connectivity index (χ0n) is 12.7. The lowest BCUT2D eigenvalue weighted by atomic mass is 9.64. The van der Waals surface area contributed by atoms with E-state index in [0.29, 0.717) is 11.3 Å². The van der Waals surface area contributed by atoms with Gasteiger partial charge in [-0.05, 0) is 49.7 Å². The van der Waals surface area contributed by atoms with Gasteiger partial charge in [0.2, 0.25) is 0 Å². The summed E-state index contributed by atoms with van der Waals surface area (Å²) >= 11 is 0. The van der Waals surface area contributed by atoms with E-state index in [1.54, 1.807) is 0 Å². The lowest BCUT2D eigenvalue weighted by molar-refractivity contribution is 0.0685. The topological polar surface area (TPSA) is 32.3 Å². The molecular formula is C17H27NO. The van der Waals surface area contributed by atoms with Crippen LogP contribution in [-0.4, -0.2) is 17.3 Å². The van der Waals surface area contributed by atoms with Crippen LogP contribution in [0.4, 0.5) is 5.69 Å². The first-order valence-electron chi connectivity index (χ1n) is 7.33. The van der Waals surface area contributed by atoms with Gasteiger partial charge in [-0.3, -0.25) is 0 Å². The second-order valence-corrected chi connectivity index (χ2v) is 7.07. The highest BCUT2D eigenvalue weighted by atomic mass is 16.3. The van der Waals surface area contributed by atoms with E-state index in [1.165, 1.54) is 5.56 Å². The van der Waals surface area contributed by atoms with Gasteiger partial charge < -0.3 is 10.4 Å². The largest absolute Gasteiger partial charge is 0.394 e. The van der Waals surface area contributed by atoms with E-state index in [-0.39, 0.29) is 12.1 Å². The summed E-state index contributed by atoms with van der Waals surface area (Å²) in [5, 5.41) is 13.5. The molecule has 1 aromatic rings. The fourth-order valence-electron chi connectivity index (χ4n) is 3.32. The van der Waals surface area contributed by atoms with Crippen molar-refractivity contribution in [1.29, 1.82) is 0 Å². The lowest BCUT2D eigenvalue weighted by Crippen LogP contribution is -2.52. The van der Waals surface area contributed by atoms with Crippen LogP contribution < -0.4 is 5.32 Å². The maximum absolute atomic E-state index is 9.94. The van der Waals surface area contributed by atoms with Gasteiger partial charge in [0.05, 0.1) is 12.1 Å². The van der Waals surface area contributed by atoms with E-state index in [9.17, 15) is 5.11 Å². The van der Waals surface area contributed by atoms with E-state index in [4.69, 9.17) is 0 Å².